The number of nitrogens with two attached hydrogens (primary N) is 1. The Hall–Kier alpha value is -0.710. The Morgan fingerprint density at radius 1 is 1.12 bits per heavy atom. The summed E-state index contributed by atoms with van der Waals surface area (Å²) in [5, 5.41) is 0. The molecule has 2 radical (unpaired) electrons. The molecule has 1 fully saturated rings. The third-order valence-electron chi connectivity index (χ3n) is 3.42. The van der Waals surface area contributed by atoms with Gasteiger partial charge < -0.3 is 16.7 Å². The number of nitrogens with zero attached hydrogens (tertiary/aromatic N) is 1. The fraction of sp³-hybridized carbons (Fsp3) is 0.750. The van der Waals surface area contributed by atoms with Gasteiger partial charge in [-0.1, -0.05) is 65.5 Å². The zero-order chi connectivity index (χ0) is 17.1. The van der Waals surface area contributed by atoms with Crippen molar-refractivity contribution in [3.05, 3.63) is 25.5 Å². The Bertz CT molecular complexity index is 248. The highest BCUT2D eigenvalue weighted by molar-refractivity contribution is 5.70. The van der Waals surface area contributed by atoms with E-state index in [2.05, 4.69) is 37.9 Å². The van der Waals surface area contributed by atoms with Crippen LogP contribution in [0.4, 0.5) is 0 Å². The number of allylic oxidation sites excluding steroid dienone is 2. The Kier molecular flexibility index (Phi) is 35.2. The van der Waals surface area contributed by atoms with E-state index in [0.717, 1.165) is 6.54 Å². The predicted molar refractivity (Wildman–Crippen MR) is 110 cm³/mol. The molecule has 1 aliphatic carbocycles. The molecular weight excluding hydrogens is 300 g/mol. The molecule has 0 aromatic heterocycles. The highest BCUT2D eigenvalue weighted by atomic mass is 16.0. The minimum Gasteiger partial charge on any atom is -0.412 e. The quantitative estimate of drug-likeness (QED) is 0.657. The number of hydrogen-bond acceptors (Lipinski definition) is 2. The van der Waals surface area contributed by atoms with E-state index in [9.17, 15) is 0 Å². The van der Waals surface area contributed by atoms with Gasteiger partial charge in [-0.25, -0.2) is 0 Å². The largest absolute Gasteiger partial charge is 0.412 e. The maximum atomic E-state index is 5.14. The second-order valence-corrected chi connectivity index (χ2v) is 5.50. The van der Waals surface area contributed by atoms with E-state index < -0.39 is 0 Å². The normalized spacial score (nSPS) is 14.9. The summed E-state index contributed by atoms with van der Waals surface area (Å²) in [6, 6.07) is 0.598. The fourth-order valence-electron chi connectivity index (χ4n) is 2.17. The number of aliphatic imine (C=N–C) groups is 1. The molecule has 0 aromatic rings. The Labute approximate surface area is 151 Å². The van der Waals surface area contributed by atoms with Gasteiger partial charge in [0.2, 0.25) is 0 Å². The Morgan fingerprint density at radius 3 is 2.12 bits per heavy atom. The first-order chi connectivity index (χ1) is 10.7. The molecule has 1 aliphatic rings. The molecule has 1 rings (SSSR count). The van der Waals surface area contributed by atoms with Gasteiger partial charge in [0.1, 0.15) is 0 Å². The van der Waals surface area contributed by atoms with Crippen molar-refractivity contribution in [2.45, 2.75) is 85.1 Å². The predicted octanol–water partition coefficient (Wildman–Crippen LogP) is 4.13. The van der Waals surface area contributed by atoms with Crippen LogP contribution in [0.5, 0.6) is 0 Å². The molecule has 1 saturated carbocycles. The van der Waals surface area contributed by atoms with Crippen LogP contribution in [-0.2, 0) is 0 Å². The van der Waals surface area contributed by atoms with Gasteiger partial charge in [-0.3, -0.25) is 4.99 Å². The molecule has 6 N–H and O–H groups in total. The van der Waals surface area contributed by atoms with Crippen molar-refractivity contribution in [2.24, 2.45) is 16.6 Å². The van der Waals surface area contributed by atoms with Gasteiger partial charge >= 0.3 is 0 Å². The molecule has 0 heterocycles. The van der Waals surface area contributed by atoms with Crippen molar-refractivity contribution in [1.29, 1.82) is 0 Å². The van der Waals surface area contributed by atoms with Crippen molar-refractivity contribution in [1.82, 2.24) is 0 Å². The van der Waals surface area contributed by atoms with Crippen LogP contribution in [-0.4, -0.2) is 29.8 Å². The topological polar surface area (TPSA) is 101 Å². The van der Waals surface area contributed by atoms with Crippen LogP contribution in [0.2, 0.25) is 0 Å². The van der Waals surface area contributed by atoms with Crippen molar-refractivity contribution in [3.63, 3.8) is 0 Å². The van der Waals surface area contributed by atoms with E-state index in [1.165, 1.54) is 51.4 Å². The van der Waals surface area contributed by atoms with Crippen molar-refractivity contribution in [2.75, 3.05) is 6.54 Å². The minimum atomic E-state index is 0. The maximum Gasteiger partial charge on any atom is 0.0496 e. The molecule has 0 unspecified atom stereocenters. The van der Waals surface area contributed by atoms with Crippen LogP contribution in [0, 0.1) is 19.3 Å². The lowest BCUT2D eigenvalue weighted by molar-refractivity contribution is 0.687. The molecule has 0 aliphatic heterocycles. The summed E-state index contributed by atoms with van der Waals surface area (Å²) in [7, 11) is 0. The summed E-state index contributed by atoms with van der Waals surface area (Å²) in [6.45, 7) is 13.2. The number of rotatable bonds is 8. The first kappa shape index (κ1) is 31.1. The van der Waals surface area contributed by atoms with Gasteiger partial charge in [-0.2, -0.15) is 0 Å². The highest BCUT2D eigenvalue weighted by Gasteiger charge is 2.11. The monoisotopic (exact) mass is 344 g/mol. The summed E-state index contributed by atoms with van der Waals surface area (Å²) in [4.78, 5) is 4.51. The lowest BCUT2D eigenvalue weighted by Crippen LogP contribution is -1.95. The molecule has 24 heavy (non-hydrogen) atoms. The van der Waals surface area contributed by atoms with E-state index in [1.54, 1.807) is 0 Å². The third-order valence-corrected chi connectivity index (χ3v) is 3.42. The standard InChI is InChI=1S/C14H23N.C4H11N.C2H6.2H2O/c1-3-8-13(2)9-6-7-12-15-14-10-4-5-11-14;1-2-3-4-5;1-2;;/h6-7,9,12-14H,2-5,8,10-11H2,1H3;2-5H2,1H3;1-2H3;2*1H2/b9-6-,15-12?;;;;/t13-;;;;/m1..../s1. The first-order valence-electron chi connectivity index (χ1n) is 9.31. The van der Waals surface area contributed by atoms with Gasteiger partial charge in [-0.05, 0) is 45.1 Å². The molecule has 0 spiro atoms. The fourth-order valence-corrected chi connectivity index (χ4v) is 2.17. The van der Waals surface area contributed by atoms with E-state index >= 15 is 0 Å². The van der Waals surface area contributed by atoms with Gasteiger partial charge in [0, 0.05) is 18.7 Å². The highest BCUT2D eigenvalue weighted by Crippen LogP contribution is 2.20. The Balaban J connectivity index is -0.000000192. The zero-order valence-corrected chi connectivity index (χ0v) is 16.6. The second-order valence-electron chi connectivity index (χ2n) is 5.50. The average Bonchev–Trinajstić information content (AvgIpc) is 3.04. The van der Waals surface area contributed by atoms with Crippen LogP contribution in [0.1, 0.15) is 79.1 Å². The third kappa shape index (κ3) is 23.6. The lowest BCUT2D eigenvalue weighted by Gasteiger charge is -2.01. The molecule has 4 heteroatoms. The summed E-state index contributed by atoms with van der Waals surface area (Å²) in [5.41, 5.74) is 5.14. The summed E-state index contributed by atoms with van der Waals surface area (Å²) >= 11 is 0. The Morgan fingerprint density at radius 2 is 1.71 bits per heavy atom. The van der Waals surface area contributed by atoms with Gasteiger partial charge in [0.25, 0.3) is 0 Å². The maximum absolute atomic E-state index is 5.14. The van der Waals surface area contributed by atoms with Crippen LogP contribution in [0.15, 0.2) is 17.1 Å². The van der Waals surface area contributed by atoms with E-state index in [1.807, 2.05) is 26.5 Å². The number of hydrogen-bond donors (Lipinski definition) is 1. The van der Waals surface area contributed by atoms with Crippen LogP contribution in [0.3, 0.4) is 0 Å². The SMILES string of the molecule is CC.CCCCN.O.O.[CH2][C@@H](/C=C\[CH]C=NC1CCCC1)CCC. The van der Waals surface area contributed by atoms with Gasteiger partial charge in [-0.15, -0.1) is 0 Å². The summed E-state index contributed by atoms with van der Waals surface area (Å²) in [6.07, 6.45) is 18.2. The minimum absolute atomic E-state index is 0. The van der Waals surface area contributed by atoms with Crippen LogP contribution < -0.4 is 5.73 Å². The zero-order valence-electron chi connectivity index (χ0n) is 16.6. The molecule has 146 valence electrons. The first-order valence-corrected chi connectivity index (χ1v) is 9.31. The van der Waals surface area contributed by atoms with Crippen molar-refractivity contribution in [3.8, 4) is 0 Å². The van der Waals surface area contributed by atoms with Crippen molar-refractivity contribution >= 4 is 6.21 Å². The number of unbranched alkanes of at least 4 members (excludes halogenated alkanes) is 1. The molecule has 0 bridgehead atoms. The van der Waals surface area contributed by atoms with Gasteiger partial charge in [0.05, 0.1) is 0 Å². The molecule has 0 aromatic carbocycles. The summed E-state index contributed by atoms with van der Waals surface area (Å²) < 4.78 is 0. The summed E-state index contributed by atoms with van der Waals surface area (Å²) in [5.74, 6) is 0.450. The smallest absolute Gasteiger partial charge is 0.0496 e. The van der Waals surface area contributed by atoms with E-state index in [0.29, 0.717) is 12.0 Å². The van der Waals surface area contributed by atoms with Crippen LogP contribution in [0.25, 0.3) is 0 Å². The van der Waals surface area contributed by atoms with Gasteiger partial charge in [0.15, 0.2) is 0 Å². The lowest BCUT2D eigenvalue weighted by atomic mass is 10.1. The molecular formula is C20H44N2O2. The van der Waals surface area contributed by atoms with Crippen LogP contribution >= 0.6 is 0 Å². The molecule has 0 saturated heterocycles. The van der Waals surface area contributed by atoms with E-state index in [-0.39, 0.29) is 11.0 Å². The van der Waals surface area contributed by atoms with Crippen molar-refractivity contribution < 1.29 is 11.0 Å². The van der Waals surface area contributed by atoms with E-state index in [4.69, 9.17) is 5.73 Å². The molecule has 0 amide bonds. The molecule has 4 nitrogen and oxygen atoms in total. The molecule has 1 atom stereocenters. The average molecular weight is 345 g/mol. The second kappa shape index (κ2) is 27.2.